The van der Waals surface area contributed by atoms with Gasteiger partial charge in [-0.25, -0.2) is 0 Å². The van der Waals surface area contributed by atoms with Crippen LogP contribution in [0.4, 0.5) is 0 Å². The zero-order valence-corrected chi connectivity index (χ0v) is 3.65. The van der Waals surface area contributed by atoms with Gasteiger partial charge in [0.2, 0.25) is 0 Å². The number of hydrogen-bond acceptors (Lipinski definition) is 0. The SMILES string of the molecule is CC1=C[C@@H]1C. The van der Waals surface area contributed by atoms with E-state index in [1.54, 1.807) is 5.57 Å². The molecule has 0 amide bonds. The Kier molecular flexibility index (Phi) is 0.365. The van der Waals surface area contributed by atoms with Gasteiger partial charge in [-0.15, -0.1) is 0 Å². The molecule has 0 radical (unpaired) electrons. The summed E-state index contributed by atoms with van der Waals surface area (Å²) in [5, 5.41) is 0. The highest BCUT2D eigenvalue weighted by molar-refractivity contribution is 5.24. The lowest BCUT2D eigenvalue weighted by molar-refractivity contribution is 1.03. The first-order chi connectivity index (χ1) is 2.30. The van der Waals surface area contributed by atoms with Crippen LogP contribution in [0.2, 0.25) is 0 Å². The Labute approximate surface area is 32.5 Å². The van der Waals surface area contributed by atoms with Gasteiger partial charge in [0.25, 0.3) is 0 Å². The van der Waals surface area contributed by atoms with Crippen LogP contribution in [0.1, 0.15) is 13.8 Å². The minimum Gasteiger partial charge on any atom is -0.0781 e. The first kappa shape index (κ1) is 2.95. The topological polar surface area (TPSA) is 0 Å². The van der Waals surface area contributed by atoms with Gasteiger partial charge in [-0.3, -0.25) is 0 Å². The molecule has 1 atom stereocenters. The maximum Gasteiger partial charge on any atom is -0.00514 e. The van der Waals surface area contributed by atoms with Crippen molar-refractivity contribution in [3.05, 3.63) is 11.6 Å². The third kappa shape index (κ3) is 0.344. The fourth-order valence-corrected chi connectivity index (χ4v) is 0.346. The van der Waals surface area contributed by atoms with E-state index < -0.39 is 0 Å². The molecular weight excluding hydrogens is 60.1 g/mol. The minimum absolute atomic E-state index is 0.843. The monoisotopic (exact) mass is 68.1 g/mol. The third-order valence-electron chi connectivity index (χ3n) is 1.12. The standard InChI is InChI=1S/C5H8/c1-4-3-5(4)2/h3-4H,1-2H3/t4-/m0/s1. The van der Waals surface area contributed by atoms with Crippen molar-refractivity contribution < 1.29 is 0 Å². The third-order valence-corrected chi connectivity index (χ3v) is 1.12. The zero-order valence-electron chi connectivity index (χ0n) is 3.65. The summed E-state index contributed by atoms with van der Waals surface area (Å²) in [6.45, 7) is 4.36. The van der Waals surface area contributed by atoms with E-state index >= 15 is 0 Å². The molecular formula is C5H8. The van der Waals surface area contributed by atoms with Gasteiger partial charge < -0.3 is 0 Å². The smallest absolute Gasteiger partial charge is 0.00514 e. The van der Waals surface area contributed by atoms with Crippen molar-refractivity contribution in [3.63, 3.8) is 0 Å². The molecule has 5 heavy (non-hydrogen) atoms. The molecule has 1 rings (SSSR count). The van der Waals surface area contributed by atoms with E-state index in [1.807, 2.05) is 0 Å². The van der Waals surface area contributed by atoms with E-state index in [-0.39, 0.29) is 0 Å². The fourth-order valence-electron chi connectivity index (χ4n) is 0.346. The van der Waals surface area contributed by atoms with E-state index in [1.165, 1.54) is 0 Å². The van der Waals surface area contributed by atoms with E-state index in [9.17, 15) is 0 Å². The van der Waals surface area contributed by atoms with Crippen LogP contribution in [-0.4, -0.2) is 0 Å². The second-order valence-corrected chi connectivity index (χ2v) is 1.70. The summed E-state index contributed by atoms with van der Waals surface area (Å²) < 4.78 is 0. The predicted octanol–water partition coefficient (Wildman–Crippen LogP) is 1.58. The molecule has 0 aromatic heterocycles. The first-order valence-corrected chi connectivity index (χ1v) is 1.99. The number of rotatable bonds is 0. The first-order valence-electron chi connectivity index (χ1n) is 1.99. The van der Waals surface area contributed by atoms with Crippen LogP contribution < -0.4 is 0 Å². The molecule has 1 aliphatic carbocycles. The lowest BCUT2D eigenvalue weighted by Gasteiger charge is -1.69. The summed E-state index contributed by atoms with van der Waals surface area (Å²) in [5.41, 5.74) is 1.55. The summed E-state index contributed by atoms with van der Waals surface area (Å²) in [6.07, 6.45) is 2.25. The molecule has 0 saturated carbocycles. The van der Waals surface area contributed by atoms with E-state index in [2.05, 4.69) is 19.9 Å². The summed E-state index contributed by atoms with van der Waals surface area (Å²) in [4.78, 5) is 0. The fraction of sp³-hybridized carbons (Fsp3) is 0.600. The zero-order chi connectivity index (χ0) is 3.86. The highest BCUT2D eigenvalue weighted by Crippen LogP contribution is 2.25. The molecule has 0 saturated heterocycles. The molecule has 0 bridgehead atoms. The van der Waals surface area contributed by atoms with Crippen molar-refractivity contribution in [1.29, 1.82) is 0 Å². The second kappa shape index (κ2) is 0.618. The maximum absolute atomic E-state index is 2.25. The van der Waals surface area contributed by atoms with E-state index in [0.717, 1.165) is 5.92 Å². The van der Waals surface area contributed by atoms with Crippen LogP contribution in [0.15, 0.2) is 11.6 Å². The van der Waals surface area contributed by atoms with Gasteiger partial charge in [0.15, 0.2) is 0 Å². The van der Waals surface area contributed by atoms with Crippen molar-refractivity contribution in [1.82, 2.24) is 0 Å². The van der Waals surface area contributed by atoms with Gasteiger partial charge in [0, 0.05) is 0 Å². The van der Waals surface area contributed by atoms with Gasteiger partial charge in [-0.05, 0) is 12.8 Å². The average Bonchev–Trinajstić information content (AvgIpc) is 1.79. The van der Waals surface area contributed by atoms with Gasteiger partial charge in [-0.2, -0.15) is 0 Å². The Morgan fingerprint density at radius 2 is 2.00 bits per heavy atom. The van der Waals surface area contributed by atoms with Crippen molar-refractivity contribution in [2.45, 2.75) is 13.8 Å². The quantitative estimate of drug-likeness (QED) is 0.378. The summed E-state index contributed by atoms with van der Waals surface area (Å²) in [5.74, 6) is 0.843. The number of allylic oxidation sites excluding steroid dienone is 2. The van der Waals surface area contributed by atoms with E-state index in [4.69, 9.17) is 0 Å². The van der Waals surface area contributed by atoms with Crippen LogP contribution in [0.25, 0.3) is 0 Å². The molecule has 0 aromatic rings. The Bertz CT molecular complexity index is 70.1. The highest BCUT2D eigenvalue weighted by atomic mass is 14.2. The van der Waals surface area contributed by atoms with Gasteiger partial charge in [0.1, 0.15) is 0 Å². The van der Waals surface area contributed by atoms with Crippen molar-refractivity contribution >= 4 is 0 Å². The second-order valence-electron chi connectivity index (χ2n) is 1.70. The summed E-state index contributed by atoms with van der Waals surface area (Å²) in [7, 11) is 0. The highest BCUT2D eigenvalue weighted by Gasteiger charge is 2.10. The molecule has 0 fully saturated rings. The molecule has 0 aliphatic heterocycles. The van der Waals surface area contributed by atoms with E-state index in [0.29, 0.717) is 0 Å². The normalized spacial score (nSPS) is 33.2. The Balaban J connectivity index is 2.38. The molecule has 0 spiro atoms. The van der Waals surface area contributed by atoms with Crippen LogP contribution >= 0.6 is 0 Å². The van der Waals surface area contributed by atoms with Gasteiger partial charge in [0.05, 0.1) is 0 Å². The molecule has 28 valence electrons. The van der Waals surface area contributed by atoms with Gasteiger partial charge in [-0.1, -0.05) is 18.6 Å². The largest absolute Gasteiger partial charge is 0.0781 e. The molecule has 0 heterocycles. The molecule has 0 N–H and O–H groups in total. The molecule has 1 aliphatic rings. The number of hydrogen-bond donors (Lipinski definition) is 0. The summed E-state index contributed by atoms with van der Waals surface area (Å²) in [6, 6.07) is 0. The Hall–Kier alpha value is -0.260. The van der Waals surface area contributed by atoms with Crippen LogP contribution in [-0.2, 0) is 0 Å². The van der Waals surface area contributed by atoms with Crippen LogP contribution in [0.5, 0.6) is 0 Å². The van der Waals surface area contributed by atoms with Crippen LogP contribution in [0.3, 0.4) is 0 Å². The summed E-state index contributed by atoms with van der Waals surface area (Å²) >= 11 is 0. The average molecular weight is 68.1 g/mol. The van der Waals surface area contributed by atoms with Crippen molar-refractivity contribution in [2.24, 2.45) is 5.92 Å². The van der Waals surface area contributed by atoms with Crippen molar-refractivity contribution in [3.8, 4) is 0 Å². The lowest BCUT2D eigenvalue weighted by Crippen LogP contribution is -1.57. The maximum atomic E-state index is 2.25. The lowest BCUT2D eigenvalue weighted by atomic mass is 10.4. The molecule has 0 aromatic carbocycles. The minimum atomic E-state index is 0.843. The molecule has 0 heteroatoms. The predicted molar refractivity (Wildman–Crippen MR) is 22.9 cm³/mol. The van der Waals surface area contributed by atoms with Crippen LogP contribution in [0, 0.1) is 5.92 Å². The van der Waals surface area contributed by atoms with Crippen molar-refractivity contribution in [2.75, 3.05) is 0 Å². The molecule has 0 nitrogen and oxygen atoms in total. The van der Waals surface area contributed by atoms with Gasteiger partial charge >= 0.3 is 0 Å². The Morgan fingerprint density at radius 1 is 1.80 bits per heavy atom. The Morgan fingerprint density at radius 3 is 2.00 bits per heavy atom. The molecule has 0 unspecified atom stereocenters.